The molecule has 0 bridgehead atoms. The highest BCUT2D eigenvalue weighted by molar-refractivity contribution is 5.01. The van der Waals surface area contributed by atoms with Gasteiger partial charge in [0, 0.05) is 20.1 Å². The van der Waals surface area contributed by atoms with Crippen molar-refractivity contribution in [3.05, 3.63) is 11.7 Å². The molecule has 1 atom stereocenters. The Morgan fingerprint density at radius 3 is 2.87 bits per heavy atom. The van der Waals surface area contributed by atoms with Gasteiger partial charge in [-0.15, -0.1) is 0 Å². The number of nitrogens with two attached hydrogens (primary N) is 1. The summed E-state index contributed by atoms with van der Waals surface area (Å²) in [5, 5.41) is 3.89. The average molecular weight is 213 g/mol. The van der Waals surface area contributed by atoms with E-state index >= 15 is 0 Å². The molecule has 0 aliphatic heterocycles. The SMILES string of the molecule is CCCc1nc(C(C)(N)CCOC)no1. The van der Waals surface area contributed by atoms with Gasteiger partial charge < -0.3 is 15.0 Å². The fraction of sp³-hybridized carbons (Fsp3) is 0.800. The van der Waals surface area contributed by atoms with E-state index in [1.165, 1.54) is 0 Å². The van der Waals surface area contributed by atoms with Gasteiger partial charge >= 0.3 is 0 Å². The second kappa shape index (κ2) is 5.23. The highest BCUT2D eigenvalue weighted by Gasteiger charge is 2.26. The van der Waals surface area contributed by atoms with Crippen molar-refractivity contribution < 1.29 is 9.26 Å². The summed E-state index contributed by atoms with van der Waals surface area (Å²) >= 11 is 0. The first kappa shape index (κ1) is 12.1. The molecule has 0 radical (unpaired) electrons. The van der Waals surface area contributed by atoms with Gasteiger partial charge in [0.1, 0.15) is 0 Å². The maximum Gasteiger partial charge on any atom is 0.226 e. The number of aryl methyl sites for hydroxylation is 1. The zero-order valence-electron chi connectivity index (χ0n) is 9.62. The minimum absolute atomic E-state index is 0.558. The van der Waals surface area contributed by atoms with Gasteiger partial charge in [0.15, 0.2) is 5.82 Å². The van der Waals surface area contributed by atoms with Crippen LogP contribution in [0.25, 0.3) is 0 Å². The van der Waals surface area contributed by atoms with E-state index in [9.17, 15) is 0 Å². The van der Waals surface area contributed by atoms with Gasteiger partial charge in [0.2, 0.25) is 5.89 Å². The van der Waals surface area contributed by atoms with E-state index in [0.717, 1.165) is 12.8 Å². The lowest BCUT2D eigenvalue weighted by molar-refractivity contribution is 0.168. The molecule has 1 aromatic rings. The van der Waals surface area contributed by atoms with Crippen LogP contribution >= 0.6 is 0 Å². The predicted octanol–water partition coefficient (Wildman–Crippen LogP) is 1.23. The first-order chi connectivity index (χ1) is 7.10. The van der Waals surface area contributed by atoms with E-state index in [4.69, 9.17) is 15.0 Å². The normalized spacial score (nSPS) is 15.2. The smallest absolute Gasteiger partial charge is 0.226 e. The van der Waals surface area contributed by atoms with Gasteiger partial charge in [-0.1, -0.05) is 12.1 Å². The Morgan fingerprint density at radius 2 is 2.27 bits per heavy atom. The summed E-state index contributed by atoms with van der Waals surface area (Å²) in [6.07, 6.45) is 2.46. The summed E-state index contributed by atoms with van der Waals surface area (Å²) in [5.41, 5.74) is 5.49. The van der Waals surface area contributed by atoms with Crippen molar-refractivity contribution in [3.63, 3.8) is 0 Å². The van der Waals surface area contributed by atoms with Crippen LogP contribution in [0.15, 0.2) is 4.52 Å². The van der Waals surface area contributed by atoms with Crippen LogP contribution in [0.5, 0.6) is 0 Å². The van der Waals surface area contributed by atoms with Crippen LogP contribution < -0.4 is 5.73 Å². The van der Waals surface area contributed by atoms with E-state index in [-0.39, 0.29) is 0 Å². The molecule has 0 saturated heterocycles. The molecule has 0 spiro atoms. The van der Waals surface area contributed by atoms with Gasteiger partial charge in [-0.05, 0) is 19.8 Å². The van der Waals surface area contributed by atoms with Gasteiger partial charge in [-0.3, -0.25) is 0 Å². The Kier molecular flexibility index (Phi) is 4.23. The lowest BCUT2D eigenvalue weighted by atomic mass is 9.99. The highest BCUT2D eigenvalue weighted by Crippen LogP contribution is 2.18. The maximum atomic E-state index is 6.07. The van der Waals surface area contributed by atoms with Crippen molar-refractivity contribution in [2.75, 3.05) is 13.7 Å². The molecular formula is C10H19N3O2. The third-order valence-corrected chi connectivity index (χ3v) is 2.27. The number of hydrogen-bond acceptors (Lipinski definition) is 5. The summed E-state index contributed by atoms with van der Waals surface area (Å²) in [5.74, 6) is 1.21. The lowest BCUT2D eigenvalue weighted by Gasteiger charge is -2.19. The van der Waals surface area contributed by atoms with Crippen LogP contribution in [0.2, 0.25) is 0 Å². The molecule has 15 heavy (non-hydrogen) atoms. The van der Waals surface area contributed by atoms with E-state index < -0.39 is 5.54 Å². The van der Waals surface area contributed by atoms with Crippen molar-refractivity contribution in [1.82, 2.24) is 10.1 Å². The molecule has 1 unspecified atom stereocenters. The van der Waals surface area contributed by atoms with Crippen molar-refractivity contribution >= 4 is 0 Å². The van der Waals surface area contributed by atoms with Crippen molar-refractivity contribution in [3.8, 4) is 0 Å². The van der Waals surface area contributed by atoms with E-state index in [2.05, 4.69) is 17.1 Å². The Morgan fingerprint density at radius 1 is 1.53 bits per heavy atom. The lowest BCUT2D eigenvalue weighted by Crippen LogP contribution is -2.35. The van der Waals surface area contributed by atoms with Crippen molar-refractivity contribution in [2.45, 2.75) is 38.6 Å². The molecular weight excluding hydrogens is 194 g/mol. The summed E-state index contributed by atoms with van der Waals surface area (Å²) < 4.78 is 10.1. The van der Waals surface area contributed by atoms with Crippen LogP contribution in [-0.2, 0) is 16.7 Å². The van der Waals surface area contributed by atoms with Gasteiger partial charge in [0.25, 0.3) is 0 Å². The maximum absolute atomic E-state index is 6.07. The van der Waals surface area contributed by atoms with E-state index in [0.29, 0.717) is 24.7 Å². The molecule has 86 valence electrons. The molecule has 0 aliphatic rings. The second-order valence-electron chi connectivity index (χ2n) is 3.92. The number of rotatable bonds is 6. The van der Waals surface area contributed by atoms with E-state index in [1.54, 1.807) is 7.11 Å². The first-order valence-electron chi connectivity index (χ1n) is 5.21. The minimum atomic E-state index is -0.578. The number of hydrogen-bond donors (Lipinski definition) is 1. The fourth-order valence-electron chi connectivity index (χ4n) is 1.23. The third kappa shape index (κ3) is 3.28. The average Bonchev–Trinajstić information content (AvgIpc) is 2.65. The Balaban J connectivity index is 2.67. The van der Waals surface area contributed by atoms with Crippen LogP contribution in [0.3, 0.4) is 0 Å². The quantitative estimate of drug-likeness (QED) is 0.769. The molecule has 1 heterocycles. The predicted molar refractivity (Wildman–Crippen MR) is 56.3 cm³/mol. The molecule has 2 N–H and O–H groups in total. The molecule has 0 saturated carbocycles. The Labute approximate surface area is 90.0 Å². The standard InChI is InChI=1S/C10H19N3O2/c1-4-5-8-12-9(13-15-8)10(2,11)6-7-14-3/h4-7,11H2,1-3H3. The minimum Gasteiger partial charge on any atom is -0.385 e. The van der Waals surface area contributed by atoms with Gasteiger partial charge in [0.05, 0.1) is 5.54 Å². The highest BCUT2D eigenvalue weighted by atomic mass is 16.5. The summed E-state index contributed by atoms with van der Waals surface area (Å²) in [7, 11) is 1.65. The molecule has 0 fully saturated rings. The number of aromatic nitrogens is 2. The summed E-state index contributed by atoms with van der Waals surface area (Å²) in [6.45, 7) is 4.54. The monoisotopic (exact) mass is 213 g/mol. The van der Waals surface area contributed by atoms with Crippen LogP contribution in [0.1, 0.15) is 38.4 Å². The second-order valence-corrected chi connectivity index (χ2v) is 3.92. The number of ether oxygens (including phenoxy) is 1. The zero-order valence-corrected chi connectivity index (χ0v) is 9.62. The summed E-state index contributed by atoms with van der Waals surface area (Å²) in [4.78, 5) is 4.27. The van der Waals surface area contributed by atoms with Crippen molar-refractivity contribution in [1.29, 1.82) is 0 Å². The summed E-state index contributed by atoms with van der Waals surface area (Å²) in [6, 6.07) is 0. The molecule has 0 aliphatic carbocycles. The molecule has 1 rings (SSSR count). The molecule has 0 aromatic carbocycles. The van der Waals surface area contributed by atoms with Crippen LogP contribution in [-0.4, -0.2) is 23.9 Å². The van der Waals surface area contributed by atoms with Crippen LogP contribution in [0, 0.1) is 0 Å². The third-order valence-electron chi connectivity index (χ3n) is 2.27. The topological polar surface area (TPSA) is 74.2 Å². The molecule has 5 nitrogen and oxygen atoms in total. The number of methoxy groups -OCH3 is 1. The largest absolute Gasteiger partial charge is 0.385 e. The van der Waals surface area contributed by atoms with Crippen molar-refractivity contribution in [2.24, 2.45) is 5.73 Å². The van der Waals surface area contributed by atoms with Gasteiger partial charge in [-0.25, -0.2) is 0 Å². The Bertz CT molecular complexity index is 297. The number of nitrogens with zero attached hydrogens (tertiary/aromatic N) is 2. The van der Waals surface area contributed by atoms with Gasteiger partial charge in [-0.2, -0.15) is 4.98 Å². The Hall–Kier alpha value is -0.940. The first-order valence-corrected chi connectivity index (χ1v) is 5.21. The van der Waals surface area contributed by atoms with E-state index in [1.807, 2.05) is 6.92 Å². The molecule has 0 amide bonds. The molecule has 5 heteroatoms. The van der Waals surface area contributed by atoms with Crippen LogP contribution in [0.4, 0.5) is 0 Å². The fourth-order valence-corrected chi connectivity index (χ4v) is 1.23. The zero-order chi connectivity index (χ0) is 11.3. The molecule has 1 aromatic heterocycles.